The fourth-order valence-electron chi connectivity index (χ4n) is 2.37. The molecule has 2 amide bonds. The molecule has 7 nitrogen and oxygen atoms in total. The zero-order valence-electron chi connectivity index (χ0n) is 12.2. The predicted octanol–water partition coefficient (Wildman–Crippen LogP) is 1.80. The maximum absolute atomic E-state index is 12.1. The molecule has 0 spiro atoms. The van der Waals surface area contributed by atoms with Crippen molar-refractivity contribution in [1.29, 1.82) is 0 Å². The number of carboxylic acid groups (broad SMARTS) is 1. The van der Waals surface area contributed by atoms with Gasteiger partial charge in [0.25, 0.3) is 0 Å². The van der Waals surface area contributed by atoms with E-state index in [1.165, 1.54) is 13.2 Å². The summed E-state index contributed by atoms with van der Waals surface area (Å²) in [7, 11) is 1.29. The number of hydrogen-bond donors (Lipinski definition) is 2. The summed E-state index contributed by atoms with van der Waals surface area (Å²) in [4.78, 5) is 36.1. The third kappa shape index (κ3) is 3.75. The SMILES string of the molecule is COC(=O)c1cccc(NC(=O)N2CCC(C(=O)O)CC2)c1. The van der Waals surface area contributed by atoms with E-state index < -0.39 is 11.9 Å². The zero-order chi connectivity index (χ0) is 16.1. The second-order valence-electron chi connectivity index (χ2n) is 5.10. The Morgan fingerprint density at radius 1 is 1.27 bits per heavy atom. The summed E-state index contributed by atoms with van der Waals surface area (Å²) < 4.78 is 4.63. The second kappa shape index (κ2) is 6.93. The van der Waals surface area contributed by atoms with Crippen molar-refractivity contribution in [3.63, 3.8) is 0 Å². The van der Waals surface area contributed by atoms with Gasteiger partial charge in [0.15, 0.2) is 0 Å². The van der Waals surface area contributed by atoms with Crippen molar-refractivity contribution >= 4 is 23.7 Å². The van der Waals surface area contributed by atoms with Crippen LogP contribution in [0.25, 0.3) is 0 Å². The van der Waals surface area contributed by atoms with Crippen LogP contribution in [-0.2, 0) is 9.53 Å². The van der Waals surface area contributed by atoms with Crippen LogP contribution in [0.2, 0.25) is 0 Å². The summed E-state index contributed by atoms with van der Waals surface area (Å²) in [6.45, 7) is 0.805. The number of urea groups is 1. The molecule has 118 valence electrons. The maximum atomic E-state index is 12.1. The molecule has 7 heteroatoms. The fraction of sp³-hybridized carbons (Fsp3) is 0.400. The van der Waals surface area contributed by atoms with Gasteiger partial charge in [-0.05, 0) is 31.0 Å². The van der Waals surface area contributed by atoms with Crippen molar-refractivity contribution < 1.29 is 24.2 Å². The molecule has 0 radical (unpaired) electrons. The molecule has 0 aromatic heterocycles. The first kappa shape index (κ1) is 15.8. The number of carbonyl (C=O) groups excluding carboxylic acids is 2. The Morgan fingerprint density at radius 2 is 1.95 bits per heavy atom. The van der Waals surface area contributed by atoms with Gasteiger partial charge in [-0.1, -0.05) is 6.07 Å². The minimum Gasteiger partial charge on any atom is -0.481 e. The molecule has 0 bridgehead atoms. The van der Waals surface area contributed by atoms with Gasteiger partial charge in [-0.2, -0.15) is 0 Å². The number of nitrogens with one attached hydrogen (secondary N) is 1. The first-order valence-corrected chi connectivity index (χ1v) is 6.98. The molecular weight excluding hydrogens is 288 g/mol. The Hall–Kier alpha value is -2.57. The standard InChI is InChI=1S/C15H18N2O5/c1-22-14(20)11-3-2-4-12(9-11)16-15(21)17-7-5-10(6-8-17)13(18)19/h2-4,9-10H,5-8H2,1H3,(H,16,21)(H,18,19). The molecule has 2 rings (SSSR count). The monoisotopic (exact) mass is 306 g/mol. The molecule has 0 aliphatic carbocycles. The van der Waals surface area contributed by atoms with Gasteiger partial charge in [0.1, 0.15) is 0 Å². The number of aliphatic carboxylic acids is 1. The third-order valence-electron chi connectivity index (χ3n) is 3.67. The number of esters is 1. The lowest BCUT2D eigenvalue weighted by atomic mass is 9.97. The van der Waals surface area contributed by atoms with E-state index in [1.54, 1.807) is 23.1 Å². The Bertz CT molecular complexity index is 579. The van der Waals surface area contributed by atoms with Crippen LogP contribution in [0.5, 0.6) is 0 Å². The molecule has 0 atom stereocenters. The Kier molecular flexibility index (Phi) is 4.98. The first-order valence-electron chi connectivity index (χ1n) is 6.98. The van der Waals surface area contributed by atoms with Crippen LogP contribution in [0.3, 0.4) is 0 Å². The maximum Gasteiger partial charge on any atom is 0.337 e. The number of carboxylic acids is 1. The molecule has 0 unspecified atom stereocenters. The topological polar surface area (TPSA) is 95.9 Å². The van der Waals surface area contributed by atoms with Gasteiger partial charge in [0, 0.05) is 18.8 Å². The minimum atomic E-state index is -0.814. The number of methoxy groups -OCH3 is 1. The van der Waals surface area contributed by atoms with E-state index in [4.69, 9.17) is 5.11 Å². The Labute approximate surface area is 127 Å². The van der Waals surface area contributed by atoms with Crippen LogP contribution in [0.1, 0.15) is 23.2 Å². The van der Waals surface area contributed by atoms with Crippen molar-refractivity contribution in [3.8, 4) is 0 Å². The van der Waals surface area contributed by atoms with Crippen LogP contribution in [0, 0.1) is 5.92 Å². The molecule has 1 fully saturated rings. The highest BCUT2D eigenvalue weighted by Crippen LogP contribution is 2.19. The number of benzene rings is 1. The molecule has 0 saturated carbocycles. The largest absolute Gasteiger partial charge is 0.481 e. The number of ether oxygens (including phenoxy) is 1. The summed E-state index contributed by atoms with van der Waals surface area (Å²) in [6, 6.07) is 6.16. The van der Waals surface area contributed by atoms with Crippen LogP contribution < -0.4 is 5.32 Å². The molecular formula is C15H18N2O5. The number of rotatable bonds is 3. The summed E-state index contributed by atoms with van der Waals surface area (Å²) in [5, 5.41) is 11.6. The lowest BCUT2D eigenvalue weighted by Crippen LogP contribution is -2.42. The van der Waals surface area contributed by atoms with Gasteiger partial charge < -0.3 is 20.1 Å². The van der Waals surface area contributed by atoms with E-state index in [0.717, 1.165) is 0 Å². The molecule has 1 aromatic carbocycles. The van der Waals surface area contributed by atoms with Gasteiger partial charge in [0.05, 0.1) is 18.6 Å². The normalized spacial score (nSPS) is 15.2. The number of nitrogens with zero attached hydrogens (tertiary/aromatic N) is 1. The predicted molar refractivity (Wildman–Crippen MR) is 78.7 cm³/mol. The number of anilines is 1. The van der Waals surface area contributed by atoms with E-state index in [0.29, 0.717) is 37.2 Å². The molecule has 2 N–H and O–H groups in total. The van der Waals surface area contributed by atoms with Gasteiger partial charge in [-0.15, -0.1) is 0 Å². The summed E-state index contributed by atoms with van der Waals surface area (Å²) in [5.74, 6) is -1.67. The van der Waals surface area contributed by atoms with Crippen molar-refractivity contribution in [2.75, 3.05) is 25.5 Å². The number of amides is 2. The van der Waals surface area contributed by atoms with E-state index in [2.05, 4.69) is 10.1 Å². The molecule has 22 heavy (non-hydrogen) atoms. The van der Waals surface area contributed by atoms with E-state index in [1.807, 2.05) is 0 Å². The molecule has 1 heterocycles. The van der Waals surface area contributed by atoms with Gasteiger partial charge in [0.2, 0.25) is 0 Å². The van der Waals surface area contributed by atoms with Gasteiger partial charge >= 0.3 is 18.0 Å². The Morgan fingerprint density at radius 3 is 2.55 bits per heavy atom. The first-order chi connectivity index (χ1) is 10.5. The van der Waals surface area contributed by atoms with Crippen molar-refractivity contribution in [2.24, 2.45) is 5.92 Å². The van der Waals surface area contributed by atoms with Crippen molar-refractivity contribution in [1.82, 2.24) is 4.90 Å². The van der Waals surface area contributed by atoms with Gasteiger partial charge in [-0.25, -0.2) is 9.59 Å². The highest BCUT2D eigenvalue weighted by molar-refractivity contribution is 5.94. The van der Waals surface area contributed by atoms with Crippen LogP contribution >= 0.6 is 0 Å². The molecule has 1 aliphatic rings. The summed E-state index contributed by atoms with van der Waals surface area (Å²) in [6.07, 6.45) is 0.899. The number of hydrogen-bond acceptors (Lipinski definition) is 4. The van der Waals surface area contributed by atoms with Crippen LogP contribution in [0.4, 0.5) is 10.5 Å². The second-order valence-corrected chi connectivity index (χ2v) is 5.10. The highest BCUT2D eigenvalue weighted by atomic mass is 16.5. The van der Waals surface area contributed by atoms with Crippen molar-refractivity contribution in [3.05, 3.63) is 29.8 Å². The summed E-state index contributed by atoms with van der Waals surface area (Å²) >= 11 is 0. The number of carbonyl (C=O) groups is 3. The molecule has 1 aromatic rings. The zero-order valence-corrected chi connectivity index (χ0v) is 12.2. The quantitative estimate of drug-likeness (QED) is 0.830. The smallest absolute Gasteiger partial charge is 0.337 e. The minimum absolute atomic E-state index is 0.300. The fourth-order valence-corrected chi connectivity index (χ4v) is 2.37. The van der Waals surface area contributed by atoms with Gasteiger partial charge in [-0.3, -0.25) is 4.79 Å². The highest BCUT2D eigenvalue weighted by Gasteiger charge is 2.27. The Balaban J connectivity index is 1.95. The molecule has 1 aliphatic heterocycles. The van der Waals surface area contributed by atoms with E-state index >= 15 is 0 Å². The number of likely N-dealkylation sites (tertiary alicyclic amines) is 1. The average molecular weight is 306 g/mol. The molecule has 1 saturated heterocycles. The lowest BCUT2D eigenvalue weighted by molar-refractivity contribution is -0.143. The van der Waals surface area contributed by atoms with Crippen molar-refractivity contribution in [2.45, 2.75) is 12.8 Å². The lowest BCUT2D eigenvalue weighted by Gasteiger charge is -2.30. The average Bonchev–Trinajstić information content (AvgIpc) is 2.54. The number of piperidine rings is 1. The van der Waals surface area contributed by atoms with E-state index in [9.17, 15) is 14.4 Å². The van der Waals surface area contributed by atoms with Crippen LogP contribution in [-0.4, -0.2) is 48.2 Å². The third-order valence-corrected chi connectivity index (χ3v) is 3.67. The van der Waals surface area contributed by atoms with Crippen LogP contribution in [0.15, 0.2) is 24.3 Å². The van der Waals surface area contributed by atoms with E-state index in [-0.39, 0.29) is 11.9 Å². The summed E-state index contributed by atoms with van der Waals surface area (Å²) in [5.41, 5.74) is 0.846.